The van der Waals surface area contributed by atoms with E-state index in [0.29, 0.717) is 11.9 Å². The molecule has 0 saturated carbocycles. The zero-order chi connectivity index (χ0) is 15.2. The van der Waals surface area contributed by atoms with Gasteiger partial charge in [0.2, 0.25) is 5.91 Å². The Kier molecular flexibility index (Phi) is 4.56. The first kappa shape index (κ1) is 14.6. The predicted octanol–water partition coefficient (Wildman–Crippen LogP) is 1.58. The summed E-state index contributed by atoms with van der Waals surface area (Å²) in [6.45, 7) is 3.90. The van der Waals surface area contributed by atoms with Crippen molar-refractivity contribution in [2.75, 3.05) is 13.1 Å². The molecule has 0 aliphatic rings. The van der Waals surface area contributed by atoms with E-state index >= 15 is 0 Å². The van der Waals surface area contributed by atoms with Crippen LogP contribution in [0, 0.1) is 0 Å². The van der Waals surface area contributed by atoms with Crippen molar-refractivity contribution >= 4 is 22.6 Å². The summed E-state index contributed by atoms with van der Waals surface area (Å²) >= 11 is 0. The van der Waals surface area contributed by atoms with Crippen LogP contribution in [0.4, 0.5) is 0 Å². The molecule has 0 unspecified atom stereocenters. The monoisotopic (exact) mass is 284 g/mol. The van der Waals surface area contributed by atoms with Crippen LogP contribution in [0.25, 0.3) is 10.8 Å². The SMILES string of the molecule is C=CC(=O)NCCNC(=O)c1ccc2ccccc2c1O. The third-order valence-corrected chi connectivity index (χ3v) is 3.04. The summed E-state index contributed by atoms with van der Waals surface area (Å²) in [5, 5.41) is 16.8. The average molecular weight is 284 g/mol. The van der Waals surface area contributed by atoms with Crippen molar-refractivity contribution in [2.24, 2.45) is 0 Å². The van der Waals surface area contributed by atoms with Gasteiger partial charge in [-0.15, -0.1) is 0 Å². The standard InChI is InChI=1S/C16H16N2O3/c1-2-14(19)17-9-10-18-16(21)13-8-7-11-5-3-4-6-12(11)15(13)20/h2-8,20H,1,9-10H2,(H,17,19)(H,18,21). The number of carbonyl (C=O) groups is 2. The van der Waals surface area contributed by atoms with Crippen molar-refractivity contribution in [1.29, 1.82) is 0 Å². The van der Waals surface area contributed by atoms with Gasteiger partial charge in [0.15, 0.2) is 0 Å². The largest absolute Gasteiger partial charge is 0.506 e. The smallest absolute Gasteiger partial charge is 0.255 e. The summed E-state index contributed by atoms with van der Waals surface area (Å²) in [7, 11) is 0. The molecule has 21 heavy (non-hydrogen) atoms. The van der Waals surface area contributed by atoms with Gasteiger partial charge in [0.05, 0.1) is 5.56 Å². The van der Waals surface area contributed by atoms with Gasteiger partial charge in [0.1, 0.15) is 5.75 Å². The van der Waals surface area contributed by atoms with Crippen molar-refractivity contribution in [3.05, 3.63) is 54.6 Å². The van der Waals surface area contributed by atoms with Crippen LogP contribution in [0.3, 0.4) is 0 Å². The van der Waals surface area contributed by atoms with Gasteiger partial charge >= 0.3 is 0 Å². The molecule has 0 bridgehead atoms. The van der Waals surface area contributed by atoms with E-state index in [9.17, 15) is 14.7 Å². The summed E-state index contributed by atoms with van der Waals surface area (Å²) in [6.07, 6.45) is 1.16. The molecule has 0 fully saturated rings. The van der Waals surface area contributed by atoms with Gasteiger partial charge in [-0.25, -0.2) is 0 Å². The van der Waals surface area contributed by atoms with Crippen molar-refractivity contribution in [3.63, 3.8) is 0 Å². The zero-order valence-corrected chi connectivity index (χ0v) is 11.4. The molecular formula is C16H16N2O3. The highest BCUT2D eigenvalue weighted by atomic mass is 16.3. The van der Waals surface area contributed by atoms with Crippen molar-refractivity contribution < 1.29 is 14.7 Å². The lowest BCUT2D eigenvalue weighted by atomic mass is 10.0. The van der Waals surface area contributed by atoms with Crippen LogP contribution in [0.2, 0.25) is 0 Å². The highest BCUT2D eigenvalue weighted by Crippen LogP contribution is 2.28. The minimum atomic E-state index is -0.383. The van der Waals surface area contributed by atoms with Crippen LogP contribution in [0.5, 0.6) is 5.75 Å². The Morgan fingerprint density at radius 2 is 1.81 bits per heavy atom. The molecule has 2 amide bonds. The van der Waals surface area contributed by atoms with Crippen LogP contribution in [0.1, 0.15) is 10.4 Å². The second-order valence-electron chi connectivity index (χ2n) is 4.43. The molecule has 0 saturated heterocycles. The summed E-state index contributed by atoms with van der Waals surface area (Å²) in [6, 6.07) is 10.6. The number of carbonyl (C=O) groups excluding carboxylic acids is 2. The molecule has 2 aromatic rings. The molecule has 0 aliphatic carbocycles. The topological polar surface area (TPSA) is 78.4 Å². The molecule has 108 valence electrons. The maximum atomic E-state index is 12.0. The Balaban J connectivity index is 2.04. The molecule has 0 heterocycles. The van der Waals surface area contributed by atoms with Crippen molar-refractivity contribution in [3.8, 4) is 5.75 Å². The minimum Gasteiger partial charge on any atom is -0.506 e. The van der Waals surface area contributed by atoms with E-state index in [1.807, 2.05) is 12.1 Å². The number of aromatic hydroxyl groups is 1. The van der Waals surface area contributed by atoms with Gasteiger partial charge in [-0.05, 0) is 17.5 Å². The molecule has 0 aromatic heterocycles. The Morgan fingerprint density at radius 1 is 1.10 bits per heavy atom. The third kappa shape index (κ3) is 3.39. The predicted molar refractivity (Wildman–Crippen MR) is 81.2 cm³/mol. The van der Waals surface area contributed by atoms with Gasteiger partial charge < -0.3 is 15.7 Å². The lowest BCUT2D eigenvalue weighted by molar-refractivity contribution is -0.116. The number of hydrogen-bond acceptors (Lipinski definition) is 3. The van der Waals surface area contributed by atoms with Crippen molar-refractivity contribution in [2.45, 2.75) is 0 Å². The van der Waals surface area contributed by atoms with E-state index in [1.165, 1.54) is 0 Å². The number of nitrogens with one attached hydrogen (secondary N) is 2. The van der Waals surface area contributed by atoms with Gasteiger partial charge in [-0.1, -0.05) is 36.9 Å². The van der Waals surface area contributed by atoms with E-state index in [0.717, 1.165) is 11.5 Å². The summed E-state index contributed by atoms with van der Waals surface area (Å²) in [4.78, 5) is 23.0. The highest BCUT2D eigenvalue weighted by molar-refractivity contribution is 6.03. The lowest BCUT2D eigenvalue weighted by Gasteiger charge is -2.09. The van der Waals surface area contributed by atoms with Crippen LogP contribution < -0.4 is 10.6 Å². The van der Waals surface area contributed by atoms with E-state index in [2.05, 4.69) is 17.2 Å². The molecule has 0 spiro atoms. The highest BCUT2D eigenvalue weighted by Gasteiger charge is 2.13. The van der Waals surface area contributed by atoms with E-state index < -0.39 is 0 Å². The number of phenolic OH excluding ortho intramolecular Hbond substituents is 1. The number of rotatable bonds is 5. The number of benzene rings is 2. The Morgan fingerprint density at radius 3 is 2.57 bits per heavy atom. The molecule has 5 heteroatoms. The first-order chi connectivity index (χ1) is 10.1. The maximum absolute atomic E-state index is 12.0. The van der Waals surface area contributed by atoms with E-state index in [-0.39, 0.29) is 29.7 Å². The number of amides is 2. The quantitative estimate of drug-likeness (QED) is 0.576. The van der Waals surface area contributed by atoms with Gasteiger partial charge in [0, 0.05) is 18.5 Å². The molecule has 2 aromatic carbocycles. The van der Waals surface area contributed by atoms with Crippen LogP contribution >= 0.6 is 0 Å². The molecule has 0 atom stereocenters. The number of phenols is 1. The molecule has 2 rings (SSSR count). The van der Waals surface area contributed by atoms with Gasteiger partial charge in [0.25, 0.3) is 5.91 Å². The molecule has 3 N–H and O–H groups in total. The van der Waals surface area contributed by atoms with Crippen LogP contribution in [0.15, 0.2) is 49.1 Å². The summed E-state index contributed by atoms with van der Waals surface area (Å²) in [5.41, 5.74) is 0.212. The Labute approximate surface area is 122 Å². The first-order valence-corrected chi connectivity index (χ1v) is 6.52. The fraction of sp³-hybridized carbons (Fsp3) is 0.125. The van der Waals surface area contributed by atoms with Gasteiger partial charge in [-0.2, -0.15) is 0 Å². The minimum absolute atomic E-state index is 0.0410. The number of fused-ring (bicyclic) bond motifs is 1. The van der Waals surface area contributed by atoms with E-state index in [1.54, 1.807) is 24.3 Å². The zero-order valence-electron chi connectivity index (χ0n) is 11.4. The fourth-order valence-corrected chi connectivity index (χ4v) is 1.97. The molecule has 5 nitrogen and oxygen atoms in total. The summed E-state index contributed by atoms with van der Waals surface area (Å²) in [5.74, 6) is -0.718. The number of hydrogen-bond donors (Lipinski definition) is 3. The summed E-state index contributed by atoms with van der Waals surface area (Å²) < 4.78 is 0. The third-order valence-electron chi connectivity index (χ3n) is 3.04. The molecule has 0 radical (unpaired) electrons. The Bertz CT molecular complexity index is 695. The van der Waals surface area contributed by atoms with Crippen LogP contribution in [-0.4, -0.2) is 30.0 Å². The van der Waals surface area contributed by atoms with Crippen molar-refractivity contribution in [1.82, 2.24) is 10.6 Å². The second-order valence-corrected chi connectivity index (χ2v) is 4.43. The molecular weight excluding hydrogens is 268 g/mol. The molecule has 0 aliphatic heterocycles. The lowest BCUT2D eigenvalue weighted by Crippen LogP contribution is -2.33. The first-order valence-electron chi connectivity index (χ1n) is 6.52. The second kappa shape index (κ2) is 6.56. The normalized spacial score (nSPS) is 10.1. The van der Waals surface area contributed by atoms with E-state index in [4.69, 9.17) is 0 Å². The van der Waals surface area contributed by atoms with Gasteiger partial charge in [-0.3, -0.25) is 9.59 Å². The fourth-order valence-electron chi connectivity index (χ4n) is 1.97. The maximum Gasteiger partial charge on any atom is 0.255 e. The Hall–Kier alpha value is -2.82. The average Bonchev–Trinajstić information content (AvgIpc) is 2.51. The van der Waals surface area contributed by atoms with Crippen LogP contribution in [-0.2, 0) is 4.79 Å².